The van der Waals surface area contributed by atoms with E-state index in [4.69, 9.17) is 19.2 Å². The average molecular weight is 459 g/mol. The second kappa shape index (κ2) is 18.8. The number of rotatable bonds is 17. The van der Waals surface area contributed by atoms with Crippen LogP contribution in [0.25, 0.3) is 0 Å². The number of phosphoric acid groups is 1. The smallest absolute Gasteiger partial charge is 0.325 e. The summed E-state index contributed by atoms with van der Waals surface area (Å²) in [5, 5.41) is 0. The predicted octanol–water partition coefficient (Wildman–Crippen LogP) is 6.82. The van der Waals surface area contributed by atoms with Crippen molar-refractivity contribution in [1.82, 2.24) is 0 Å². The molecule has 0 saturated heterocycles. The Balaban J connectivity index is 0.00000161. The van der Waals surface area contributed by atoms with Gasteiger partial charge >= 0.3 is 7.82 Å². The van der Waals surface area contributed by atoms with Gasteiger partial charge in [-0.25, -0.2) is 4.57 Å². The Morgan fingerprint density at radius 1 is 0.677 bits per heavy atom. The molecule has 31 heavy (non-hydrogen) atoms. The maximum atomic E-state index is 8.88. The standard InChI is InChI=1S/C25H46N.H3O4P/c1-4-5-6-7-8-9-10-11-12-13-14-15-16-20-23-26(2,3)24-25-21-18-17-19-22-25;1-5(2,3)4/h17-19,21-22H,4-16,20,23-24H2,1-3H3;(H3,1,2,3,4)/q+1;. The van der Waals surface area contributed by atoms with Crippen LogP contribution in [0.5, 0.6) is 0 Å². The Bertz CT molecular complexity index is 552. The molecule has 1 aromatic carbocycles. The fourth-order valence-corrected chi connectivity index (χ4v) is 3.89. The Kier molecular flexibility index (Phi) is 18.4. The van der Waals surface area contributed by atoms with Crippen LogP contribution in [0, 0.1) is 0 Å². The number of hydrogen-bond acceptors (Lipinski definition) is 1. The summed E-state index contributed by atoms with van der Waals surface area (Å²) < 4.78 is 10.00. The van der Waals surface area contributed by atoms with Crippen LogP contribution >= 0.6 is 7.82 Å². The van der Waals surface area contributed by atoms with Crippen LogP contribution in [0.2, 0.25) is 0 Å². The Morgan fingerprint density at radius 2 is 1.03 bits per heavy atom. The van der Waals surface area contributed by atoms with Gasteiger partial charge in [-0.3, -0.25) is 0 Å². The lowest BCUT2D eigenvalue weighted by Crippen LogP contribution is -2.39. The second-order valence-corrected chi connectivity index (χ2v) is 10.4. The molecule has 0 saturated carbocycles. The molecule has 1 aromatic rings. The monoisotopic (exact) mass is 458 g/mol. The highest BCUT2D eigenvalue weighted by Crippen LogP contribution is 2.25. The molecule has 0 heterocycles. The summed E-state index contributed by atoms with van der Waals surface area (Å²) >= 11 is 0. The third-order valence-electron chi connectivity index (χ3n) is 5.57. The van der Waals surface area contributed by atoms with Gasteiger partial charge in [0.15, 0.2) is 0 Å². The lowest BCUT2D eigenvalue weighted by Gasteiger charge is -2.30. The highest BCUT2D eigenvalue weighted by atomic mass is 31.2. The number of quaternary nitrogens is 1. The summed E-state index contributed by atoms with van der Waals surface area (Å²) in [6.07, 6.45) is 20.2. The molecule has 6 heteroatoms. The van der Waals surface area contributed by atoms with E-state index in [2.05, 4.69) is 51.4 Å². The summed E-state index contributed by atoms with van der Waals surface area (Å²) in [5.41, 5.74) is 1.46. The molecule has 0 amide bonds. The number of hydrogen-bond donors (Lipinski definition) is 3. The SMILES string of the molecule is CCCCCCCCCCCCCCCC[N+](C)(C)Cc1ccccc1.O=P(O)(O)O. The van der Waals surface area contributed by atoms with E-state index in [9.17, 15) is 0 Å². The van der Waals surface area contributed by atoms with Gasteiger partial charge in [-0.2, -0.15) is 0 Å². The van der Waals surface area contributed by atoms with Gasteiger partial charge in [0.2, 0.25) is 0 Å². The van der Waals surface area contributed by atoms with E-state index >= 15 is 0 Å². The van der Waals surface area contributed by atoms with E-state index in [-0.39, 0.29) is 0 Å². The van der Waals surface area contributed by atoms with Gasteiger partial charge in [-0.05, 0) is 12.8 Å². The summed E-state index contributed by atoms with van der Waals surface area (Å²) in [7, 11) is 0.102. The van der Waals surface area contributed by atoms with Crippen molar-refractivity contribution in [3.63, 3.8) is 0 Å². The molecule has 0 fully saturated rings. The zero-order valence-corrected chi connectivity index (χ0v) is 21.2. The first-order chi connectivity index (χ1) is 14.6. The maximum Gasteiger partial charge on any atom is 0.466 e. The highest BCUT2D eigenvalue weighted by Gasteiger charge is 2.14. The van der Waals surface area contributed by atoms with Crippen molar-refractivity contribution in [1.29, 1.82) is 0 Å². The van der Waals surface area contributed by atoms with Gasteiger partial charge < -0.3 is 19.2 Å². The molecule has 0 aliphatic carbocycles. The molecule has 0 bridgehead atoms. The van der Waals surface area contributed by atoms with Crippen LogP contribution in [0.3, 0.4) is 0 Å². The van der Waals surface area contributed by atoms with Crippen LogP contribution in [0.1, 0.15) is 102 Å². The van der Waals surface area contributed by atoms with Crippen molar-refractivity contribution in [3.8, 4) is 0 Å². The maximum absolute atomic E-state index is 8.88. The van der Waals surface area contributed by atoms with E-state index < -0.39 is 7.82 Å². The van der Waals surface area contributed by atoms with Gasteiger partial charge in [0.1, 0.15) is 6.54 Å². The zero-order valence-electron chi connectivity index (χ0n) is 20.3. The summed E-state index contributed by atoms with van der Waals surface area (Å²) in [5.74, 6) is 0. The lowest BCUT2D eigenvalue weighted by molar-refractivity contribution is -0.903. The van der Waals surface area contributed by atoms with E-state index in [0.717, 1.165) is 11.0 Å². The van der Waals surface area contributed by atoms with E-state index in [1.165, 1.54) is 102 Å². The second-order valence-electron chi connectivity index (χ2n) is 9.41. The van der Waals surface area contributed by atoms with Gasteiger partial charge in [-0.1, -0.05) is 114 Å². The van der Waals surface area contributed by atoms with Crippen molar-refractivity contribution in [2.45, 2.75) is 103 Å². The average Bonchev–Trinajstić information content (AvgIpc) is 2.67. The lowest BCUT2D eigenvalue weighted by atomic mass is 10.0. The van der Waals surface area contributed by atoms with Crippen molar-refractivity contribution in [2.24, 2.45) is 0 Å². The van der Waals surface area contributed by atoms with Crippen molar-refractivity contribution in [2.75, 3.05) is 20.6 Å². The van der Waals surface area contributed by atoms with E-state index in [1.54, 1.807) is 0 Å². The summed E-state index contributed by atoms with van der Waals surface area (Å²) in [4.78, 5) is 21.6. The topological polar surface area (TPSA) is 77.8 Å². The van der Waals surface area contributed by atoms with Crippen LogP contribution in [-0.2, 0) is 11.1 Å². The highest BCUT2D eigenvalue weighted by molar-refractivity contribution is 7.45. The molecule has 5 nitrogen and oxygen atoms in total. The third kappa shape index (κ3) is 25.4. The fourth-order valence-electron chi connectivity index (χ4n) is 3.89. The Hall–Kier alpha value is -0.710. The summed E-state index contributed by atoms with van der Waals surface area (Å²) in [6, 6.07) is 10.9. The molecule has 0 spiro atoms. The minimum atomic E-state index is -4.64. The fraction of sp³-hybridized carbons (Fsp3) is 0.760. The first-order valence-electron chi connectivity index (χ1n) is 12.3. The van der Waals surface area contributed by atoms with E-state index in [1.807, 2.05) is 0 Å². The molecule has 3 N–H and O–H groups in total. The van der Waals surface area contributed by atoms with Gasteiger partial charge in [0, 0.05) is 5.56 Å². The minimum Gasteiger partial charge on any atom is -0.325 e. The molecule has 0 aromatic heterocycles. The van der Waals surface area contributed by atoms with Crippen LogP contribution in [-0.4, -0.2) is 39.8 Å². The van der Waals surface area contributed by atoms with E-state index in [0.29, 0.717) is 0 Å². The third-order valence-corrected chi connectivity index (χ3v) is 5.57. The quantitative estimate of drug-likeness (QED) is 0.136. The van der Waals surface area contributed by atoms with Gasteiger partial charge in [0.25, 0.3) is 0 Å². The Labute approximate surface area is 191 Å². The largest absolute Gasteiger partial charge is 0.466 e. The number of nitrogens with zero attached hydrogens (tertiary/aromatic N) is 1. The number of benzene rings is 1. The van der Waals surface area contributed by atoms with Crippen molar-refractivity contribution in [3.05, 3.63) is 35.9 Å². The first kappa shape index (κ1) is 30.3. The molecule has 0 atom stereocenters. The van der Waals surface area contributed by atoms with Crippen molar-refractivity contribution >= 4 is 7.82 Å². The molecule has 1 rings (SSSR count). The molecule has 182 valence electrons. The summed E-state index contributed by atoms with van der Waals surface area (Å²) in [6.45, 7) is 4.75. The predicted molar refractivity (Wildman–Crippen MR) is 132 cm³/mol. The van der Waals surface area contributed by atoms with Gasteiger partial charge in [-0.15, -0.1) is 0 Å². The molecular formula is C25H49NO4P+. The minimum absolute atomic E-state index is 1.11. The van der Waals surface area contributed by atoms with Crippen LogP contribution in [0.4, 0.5) is 0 Å². The van der Waals surface area contributed by atoms with Crippen molar-refractivity contribution < 1.29 is 23.7 Å². The van der Waals surface area contributed by atoms with Gasteiger partial charge in [0.05, 0.1) is 20.6 Å². The molecular weight excluding hydrogens is 409 g/mol. The molecule has 0 unspecified atom stereocenters. The number of unbranched alkanes of at least 4 members (excludes halogenated alkanes) is 13. The molecule has 0 aliphatic rings. The molecule has 0 radical (unpaired) electrons. The van der Waals surface area contributed by atoms with Crippen LogP contribution < -0.4 is 0 Å². The normalized spacial score (nSPS) is 11.8. The first-order valence-corrected chi connectivity index (χ1v) is 13.8. The Morgan fingerprint density at radius 3 is 1.42 bits per heavy atom. The zero-order chi connectivity index (χ0) is 23.4. The molecule has 0 aliphatic heterocycles. The van der Waals surface area contributed by atoms with Crippen LogP contribution in [0.15, 0.2) is 30.3 Å².